The second kappa shape index (κ2) is 10.3. The minimum absolute atomic E-state index is 0.188. The number of nitrogens with one attached hydrogen (secondary N) is 2. The lowest BCUT2D eigenvalue weighted by molar-refractivity contribution is -0.130. The standard InChI is InChI=1S/C20H20FN3O3.CH5N/c1-2-18(25)23-19(26)12-24-11-15-14(20(24)27)7-5-9-17(15)22-10-13-6-3-4-8-16(13)21;1-2/h3-9,22H,2,10-12H2,1H3,(H,23,25,26);2H2,1H3. The minimum Gasteiger partial charge on any atom is -0.381 e. The number of nitrogens with two attached hydrogens (primary N) is 1. The number of hydrogen-bond donors (Lipinski definition) is 3. The molecule has 4 N–H and O–H groups in total. The van der Waals surface area contributed by atoms with E-state index in [4.69, 9.17) is 0 Å². The summed E-state index contributed by atoms with van der Waals surface area (Å²) in [5, 5.41) is 5.41. The fourth-order valence-corrected chi connectivity index (χ4v) is 2.97. The van der Waals surface area contributed by atoms with Crippen LogP contribution in [-0.2, 0) is 22.7 Å². The highest BCUT2D eigenvalue weighted by Crippen LogP contribution is 2.29. The van der Waals surface area contributed by atoms with E-state index in [-0.39, 0.29) is 43.7 Å². The average molecular weight is 400 g/mol. The highest BCUT2D eigenvalue weighted by molar-refractivity contribution is 6.03. The van der Waals surface area contributed by atoms with E-state index in [0.717, 1.165) is 11.3 Å². The molecule has 0 saturated carbocycles. The Labute approximate surface area is 169 Å². The third-order valence-electron chi connectivity index (χ3n) is 4.40. The molecule has 0 atom stereocenters. The van der Waals surface area contributed by atoms with Gasteiger partial charge < -0.3 is 16.0 Å². The molecular weight excluding hydrogens is 375 g/mol. The fraction of sp³-hybridized carbons (Fsp3) is 0.286. The highest BCUT2D eigenvalue weighted by atomic mass is 19.1. The first-order valence-electron chi connectivity index (χ1n) is 9.28. The van der Waals surface area contributed by atoms with Crippen LogP contribution in [0.5, 0.6) is 0 Å². The van der Waals surface area contributed by atoms with E-state index in [9.17, 15) is 18.8 Å². The zero-order valence-corrected chi connectivity index (χ0v) is 16.5. The summed E-state index contributed by atoms with van der Waals surface area (Å²) in [6, 6.07) is 11.7. The number of imide groups is 1. The van der Waals surface area contributed by atoms with E-state index in [2.05, 4.69) is 16.4 Å². The third kappa shape index (κ3) is 5.39. The molecule has 1 aliphatic heterocycles. The van der Waals surface area contributed by atoms with Gasteiger partial charge in [0.05, 0.1) is 0 Å². The maximum absolute atomic E-state index is 13.8. The molecule has 2 aromatic carbocycles. The molecule has 8 heteroatoms. The van der Waals surface area contributed by atoms with Gasteiger partial charge in [-0.1, -0.05) is 31.2 Å². The summed E-state index contributed by atoms with van der Waals surface area (Å²) in [6.45, 7) is 1.99. The lowest BCUT2D eigenvalue weighted by Gasteiger charge is -2.15. The zero-order valence-electron chi connectivity index (χ0n) is 16.5. The maximum Gasteiger partial charge on any atom is 0.255 e. The molecule has 3 rings (SSSR count). The van der Waals surface area contributed by atoms with Gasteiger partial charge in [0.25, 0.3) is 5.91 Å². The number of nitrogens with zero attached hydrogens (tertiary/aromatic N) is 1. The molecule has 1 aliphatic rings. The molecule has 3 amide bonds. The Morgan fingerprint density at radius 3 is 2.52 bits per heavy atom. The fourth-order valence-electron chi connectivity index (χ4n) is 2.97. The van der Waals surface area contributed by atoms with Gasteiger partial charge in [-0.15, -0.1) is 0 Å². The molecule has 154 valence electrons. The van der Waals surface area contributed by atoms with Crippen LogP contribution in [0.3, 0.4) is 0 Å². The van der Waals surface area contributed by atoms with Crippen LogP contribution < -0.4 is 16.4 Å². The number of benzene rings is 2. The Morgan fingerprint density at radius 2 is 1.83 bits per heavy atom. The predicted molar refractivity (Wildman–Crippen MR) is 108 cm³/mol. The summed E-state index contributed by atoms with van der Waals surface area (Å²) in [5.74, 6) is -1.45. The van der Waals surface area contributed by atoms with Gasteiger partial charge in [-0.2, -0.15) is 0 Å². The third-order valence-corrected chi connectivity index (χ3v) is 4.40. The average Bonchev–Trinajstić information content (AvgIpc) is 3.05. The maximum atomic E-state index is 13.8. The summed E-state index contributed by atoms with van der Waals surface area (Å²) >= 11 is 0. The second-order valence-electron chi connectivity index (χ2n) is 6.26. The van der Waals surface area contributed by atoms with Crippen molar-refractivity contribution in [2.24, 2.45) is 5.73 Å². The van der Waals surface area contributed by atoms with Crippen LogP contribution in [0.4, 0.5) is 10.1 Å². The molecule has 0 bridgehead atoms. The quantitative estimate of drug-likeness (QED) is 0.688. The van der Waals surface area contributed by atoms with Gasteiger partial charge in [-0.05, 0) is 25.2 Å². The molecular formula is C21H25FN4O3. The number of carbonyl (C=O) groups excluding carboxylic acids is 3. The largest absolute Gasteiger partial charge is 0.381 e. The molecule has 7 nitrogen and oxygen atoms in total. The lowest BCUT2D eigenvalue weighted by Crippen LogP contribution is -2.39. The predicted octanol–water partition coefficient (Wildman–Crippen LogP) is 2.02. The van der Waals surface area contributed by atoms with E-state index in [1.54, 1.807) is 37.3 Å². The highest BCUT2D eigenvalue weighted by Gasteiger charge is 2.30. The summed E-state index contributed by atoms with van der Waals surface area (Å²) in [7, 11) is 1.50. The van der Waals surface area contributed by atoms with Crippen molar-refractivity contribution in [1.82, 2.24) is 10.2 Å². The Morgan fingerprint density at radius 1 is 1.10 bits per heavy atom. The topological polar surface area (TPSA) is 105 Å². The smallest absolute Gasteiger partial charge is 0.255 e. The first-order valence-corrected chi connectivity index (χ1v) is 9.28. The molecule has 2 aromatic rings. The molecule has 0 aliphatic carbocycles. The number of anilines is 1. The van der Waals surface area contributed by atoms with Crippen LogP contribution in [0.1, 0.15) is 34.8 Å². The number of fused-ring (bicyclic) bond motifs is 1. The van der Waals surface area contributed by atoms with E-state index in [1.165, 1.54) is 18.0 Å². The molecule has 0 unspecified atom stereocenters. The molecule has 1 heterocycles. The number of rotatable bonds is 6. The van der Waals surface area contributed by atoms with Crippen LogP contribution in [0.2, 0.25) is 0 Å². The monoisotopic (exact) mass is 400 g/mol. The summed E-state index contributed by atoms with van der Waals surface area (Å²) in [6.07, 6.45) is 0.198. The van der Waals surface area contributed by atoms with Crippen molar-refractivity contribution >= 4 is 23.4 Å². The number of halogens is 1. The minimum atomic E-state index is -0.510. The van der Waals surface area contributed by atoms with Crippen molar-refractivity contribution in [3.63, 3.8) is 0 Å². The van der Waals surface area contributed by atoms with E-state index < -0.39 is 5.91 Å². The Balaban J connectivity index is 0.00000145. The summed E-state index contributed by atoms with van der Waals surface area (Å²) in [5.41, 5.74) is 7.00. The van der Waals surface area contributed by atoms with Gasteiger partial charge in [0.2, 0.25) is 11.8 Å². The van der Waals surface area contributed by atoms with Gasteiger partial charge in [0, 0.05) is 41.9 Å². The zero-order chi connectivity index (χ0) is 21.4. The van der Waals surface area contributed by atoms with Crippen molar-refractivity contribution in [2.45, 2.75) is 26.4 Å². The van der Waals surface area contributed by atoms with Crippen LogP contribution >= 0.6 is 0 Å². The normalized spacial score (nSPS) is 12.0. The van der Waals surface area contributed by atoms with Crippen molar-refractivity contribution < 1.29 is 18.8 Å². The molecule has 0 saturated heterocycles. The van der Waals surface area contributed by atoms with Gasteiger partial charge in [-0.25, -0.2) is 4.39 Å². The van der Waals surface area contributed by atoms with Crippen LogP contribution in [-0.4, -0.2) is 36.2 Å². The first-order chi connectivity index (χ1) is 14.0. The van der Waals surface area contributed by atoms with E-state index in [1.807, 2.05) is 6.07 Å². The molecule has 0 spiro atoms. The van der Waals surface area contributed by atoms with Crippen LogP contribution in [0, 0.1) is 5.82 Å². The number of carbonyl (C=O) groups is 3. The van der Waals surface area contributed by atoms with Gasteiger partial charge in [0.1, 0.15) is 12.4 Å². The first kappa shape index (κ1) is 22.0. The summed E-state index contributed by atoms with van der Waals surface area (Å²) in [4.78, 5) is 37.2. The Hall–Kier alpha value is -3.26. The van der Waals surface area contributed by atoms with Gasteiger partial charge in [0.15, 0.2) is 0 Å². The van der Waals surface area contributed by atoms with Crippen LogP contribution in [0.25, 0.3) is 0 Å². The van der Waals surface area contributed by atoms with Crippen molar-refractivity contribution in [1.29, 1.82) is 0 Å². The van der Waals surface area contributed by atoms with Crippen molar-refractivity contribution in [2.75, 3.05) is 18.9 Å². The number of amides is 3. The molecule has 0 aromatic heterocycles. The molecule has 0 fully saturated rings. The molecule has 0 radical (unpaired) electrons. The van der Waals surface area contributed by atoms with Gasteiger partial charge in [-0.3, -0.25) is 19.7 Å². The Kier molecular flexibility index (Phi) is 7.85. The van der Waals surface area contributed by atoms with Gasteiger partial charge >= 0.3 is 0 Å². The second-order valence-corrected chi connectivity index (χ2v) is 6.26. The number of hydrogen-bond acceptors (Lipinski definition) is 5. The molecule has 29 heavy (non-hydrogen) atoms. The lowest BCUT2D eigenvalue weighted by atomic mass is 10.1. The SMILES string of the molecule is CCC(=O)NC(=O)CN1Cc2c(NCc3ccccc3F)cccc2C1=O.CN. The Bertz CT molecular complexity index is 901. The summed E-state index contributed by atoms with van der Waals surface area (Å²) < 4.78 is 13.8. The van der Waals surface area contributed by atoms with Crippen molar-refractivity contribution in [3.8, 4) is 0 Å². The van der Waals surface area contributed by atoms with Crippen LogP contribution in [0.15, 0.2) is 42.5 Å². The van der Waals surface area contributed by atoms with Crippen molar-refractivity contribution in [3.05, 3.63) is 65.0 Å². The van der Waals surface area contributed by atoms with E-state index >= 15 is 0 Å². The van der Waals surface area contributed by atoms with E-state index in [0.29, 0.717) is 11.1 Å².